The number of pyridine rings is 1. The molecule has 8 heteroatoms. The Hall–Kier alpha value is -3.65. The molecule has 0 aliphatic rings. The third-order valence-corrected chi connectivity index (χ3v) is 5.99. The average molecular weight is 420 g/mol. The van der Waals surface area contributed by atoms with E-state index in [-0.39, 0.29) is 10.8 Å². The second kappa shape index (κ2) is 7.64. The zero-order valence-corrected chi connectivity index (χ0v) is 17.3. The largest absolute Gasteiger partial charge is 0.326 e. The van der Waals surface area contributed by atoms with Crippen molar-refractivity contribution in [2.24, 2.45) is 0 Å². The van der Waals surface area contributed by atoms with E-state index in [0.29, 0.717) is 11.4 Å². The summed E-state index contributed by atoms with van der Waals surface area (Å²) < 4.78 is 29.8. The first-order valence-corrected chi connectivity index (χ1v) is 10.8. The zero-order chi connectivity index (χ0) is 21.3. The van der Waals surface area contributed by atoms with Gasteiger partial charge < -0.3 is 9.72 Å². The van der Waals surface area contributed by atoms with Crippen LogP contribution >= 0.6 is 0 Å². The molecular weight excluding hydrogens is 400 g/mol. The van der Waals surface area contributed by atoms with Gasteiger partial charge in [-0.1, -0.05) is 18.2 Å². The van der Waals surface area contributed by atoms with Gasteiger partial charge in [0.2, 0.25) is 5.91 Å². The molecule has 0 atom stereocenters. The molecule has 7 nitrogen and oxygen atoms in total. The number of benzene rings is 2. The zero-order valence-electron chi connectivity index (χ0n) is 16.5. The number of aryl methyl sites for hydroxylation is 1. The van der Waals surface area contributed by atoms with Crippen LogP contribution < -0.4 is 10.0 Å². The predicted molar refractivity (Wildman–Crippen MR) is 117 cm³/mol. The number of carbonyl (C=O) groups is 1. The number of nitrogens with one attached hydrogen (secondary N) is 2. The van der Waals surface area contributed by atoms with Crippen molar-refractivity contribution in [1.82, 2.24) is 9.38 Å². The van der Waals surface area contributed by atoms with Gasteiger partial charge >= 0.3 is 0 Å². The molecule has 30 heavy (non-hydrogen) atoms. The van der Waals surface area contributed by atoms with Crippen LogP contribution in [0.3, 0.4) is 0 Å². The van der Waals surface area contributed by atoms with Crippen LogP contribution in [0, 0.1) is 6.92 Å². The summed E-state index contributed by atoms with van der Waals surface area (Å²) in [6.07, 6.45) is 3.89. The van der Waals surface area contributed by atoms with Crippen molar-refractivity contribution < 1.29 is 13.2 Å². The van der Waals surface area contributed by atoms with Crippen molar-refractivity contribution in [3.63, 3.8) is 0 Å². The normalized spacial score (nSPS) is 11.4. The molecule has 0 aliphatic heterocycles. The summed E-state index contributed by atoms with van der Waals surface area (Å²) >= 11 is 0. The lowest BCUT2D eigenvalue weighted by Gasteiger charge is -2.09. The maximum Gasteiger partial charge on any atom is 0.261 e. The first-order valence-electron chi connectivity index (χ1n) is 9.27. The third-order valence-electron chi connectivity index (χ3n) is 4.60. The minimum Gasteiger partial charge on any atom is -0.326 e. The molecule has 0 saturated carbocycles. The summed E-state index contributed by atoms with van der Waals surface area (Å²) in [6, 6.07) is 17.0. The van der Waals surface area contributed by atoms with Gasteiger partial charge in [0, 0.05) is 36.3 Å². The highest BCUT2D eigenvalue weighted by Gasteiger charge is 2.14. The topological polar surface area (TPSA) is 92.6 Å². The van der Waals surface area contributed by atoms with E-state index < -0.39 is 10.0 Å². The maximum absolute atomic E-state index is 12.6. The fraction of sp³-hybridized carbons (Fsp3) is 0.0909. The molecule has 2 aromatic heterocycles. The molecule has 2 N–H and O–H groups in total. The fourth-order valence-electron chi connectivity index (χ4n) is 3.14. The molecule has 0 saturated heterocycles. The summed E-state index contributed by atoms with van der Waals surface area (Å²) in [5, 5.41) is 2.61. The van der Waals surface area contributed by atoms with E-state index in [4.69, 9.17) is 0 Å². The quantitative estimate of drug-likeness (QED) is 0.509. The molecule has 0 unspecified atom stereocenters. The Labute approximate surface area is 174 Å². The van der Waals surface area contributed by atoms with Gasteiger partial charge in [0.15, 0.2) is 0 Å². The number of hydrogen-bond acceptors (Lipinski definition) is 4. The molecule has 0 radical (unpaired) electrons. The monoisotopic (exact) mass is 420 g/mol. The average Bonchev–Trinajstić information content (AvgIpc) is 3.14. The Balaban J connectivity index is 1.53. The summed E-state index contributed by atoms with van der Waals surface area (Å²) in [4.78, 5) is 15.9. The number of nitrogens with zero attached hydrogens (tertiary/aromatic N) is 2. The second-order valence-corrected chi connectivity index (χ2v) is 8.62. The van der Waals surface area contributed by atoms with Crippen LogP contribution in [0.15, 0.2) is 78.0 Å². The molecule has 4 rings (SSSR count). The van der Waals surface area contributed by atoms with Crippen LogP contribution in [-0.2, 0) is 14.8 Å². The van der Waals surface area contributed by atoms with Gasteiger partial charge in [-0.15, -0.1) is 0 Å². The summed E-state index contributed by atoms with van der Waals surface area (Å²) in [5.74, 6) is -0.218. The summed E-state index contributed by atoms with van der Waals surface area (Å²) in [6.45, 7) is 3.40. The number of hydrogen-bond donors (Lipinski definition) is 2. The molecule has 0 fully saturated rings. The number of aromatic nitrogens is 2. The minimum absolute atomic E-state index is 0.108. The van der Waals surface area contributed by atoms with E-state index in [2.05, 4.69) is 15.0 Å². The van der Waals surface area contributed by atoms with Crippen molar-refractivity contribution >= 4 is 33.0 Å². The van der Waals surface area contributed by atoms with Gasteiger partial charge in [0.05, 0.1) is 10.6 Å². The smallest absolute Gasteiger partial charge is 0.261 e. The van der Waals surface area contributed by atoms with Gasteiger partial charge in [0.25, 0.3) is 10.0 Å². The number of amides is 1. The Bertz CT molecular complexity index is 1330. The molecule has 152 valence electrons. The number of rotatable bonds is 5. The lowest BCUT2D eigenvalue weighted by atomic mass is 10.1. The molecule has 4 aromatic rings. The molecular formula is C22H20N4O3S. The van der Waals surface area contributed by atoms with E-state index >= 15 is 0 Å². The predicted octanol–water partition coefficient (Wildman–Crippen LogP) is 4.07. The van der Waals surface area contributed by atoms with E-state index in [0.717, 1.165) is 22.5 Å². The number of carbonyl (C=O) groups excluding carboxylic acids is 1. The van der Waals surface area contributed by atoms with Gasteiger partial charge in [-0.3, -0.25) is 9.52 Å². The van der Waals surface area contributed by atoms with Crippen molar-refractivity contribution in [1.29, 1.82) is 0 Å². The van der Waals surface area contributed by atoms with Crippen molar-refractivity contribution in [2.75, 3.05) is 10.0 Å². The number of sulfonamides is 1. The highest BCUT2D eigenvalue weighted by molar-refractivity contribution is 7.92. The van der Waals surface area contributed by atoms with Gasteiger partial charge in [-0.25, -0.2) is 13.4 Å². The molecule has 0 spiro atoms. The van der Waals surface area contributed by atoms with Gasteiger partial charge in [-0.05, 0) is 55.0 Å². The minimum atomic E-state index is -3.74. The Morgan fingerprint density at radius 2 is 1.63 bits per heavy atom. The third kappa shape index (κ3) is 4.04. The van der Waals surface area contributed by atoms with Crippen LogP contribution in [0.25, 0.3) is 16.9 Å². The first kappa shape index (κ1) is 19.7. The lowest BCUT2D eigenvalue weighted by molar-refractivity contribution is -0.114. The van der Waals surface area contributed by atoms with E-state index in [9.17, 15) is 13.2 Å². The maximum atomic E-state index is 12.6. The van der Waals surface area contributed by atoms with Crippen LogP contribution in [0.5, 0.6) is 0 Å². The number of anilines is 2. The second-order valence-electron chi connectivity index (χ2n) is 6.94. The Morgan fingerprint density at radius 3 is 2.27 bits per heavy atom. The SMILES string of the molecule is CC(=O)Nc1ccc(S(=O)(=O)Nc2ccc(-c3cn4cccc(C)c4n3)cc2)cc1. The first-order chi connectivity index (χ1) is 14.3. The van der Waals surface area contributed by atoms with E-state index in [1.54, 1.807) is 24.3 Å². The molecule has 2 heterocycles. The van der Waals surface area contributed by atoms with E-state index in [1.165, 1.54) is 19.1 Å². The van der Waals surface area contributed by atoms with Crippen LogP contribution in [0.2, 0.25) is 0 Å². The van der Waals surface area contributed by atoms with Gasteiger partial charge in [0.1, 0.15) is 5.65 Å². The highest BCUT2D eigenvalue weighted by atomic mass is 32.2. The standard InChI is InChI=1S/C22H20N4O3S/c1-15-4-3-13-26-14-21(24-22(15)26)17-5-7-19(8-6-17)25-30(28,29)20-11-9-18(10-12-20)23-16(2)27/h3-14,25H,1-2H3,(H,23,27). The lowest BCUT2D eigenvalue weighted by Crippen LogP contribution is -2.13. The van der Waals surface area contributed by atoms with Crippen LogP contribution in [0.4, 0.5) is 11.4 Å². The number of fused-ring (bicyclic) bond motifs is 1. The molecule has 1 amide bonds. The van der Waals surface area contributed by atoms with Crippen molar-refractivity contribution in [3.05, 3.63) is 78.6 Å². The van der Waals surface area contributed by atoms with Crippen LogP contribution in [0.1, 0.15) is 12.5 Å². The fourth-order valence-corrected chi connectivity index (χ4v) is 4.20. The molecule has 0 aliphatic carbocycles. The Morgan fingerprint density at radius 1 is 0.967 bits per heavy atom. The van der Waals surface area contributed by atoms with Crippen molar-refractivity contribution in [2.45, 2.75) is 18.7 Å². The van der Waals surface area contributed by atoms with E-state index in [1.807, 2.05) is 48.0 Å². The number of imidazole rings is 1. The Kier molecular flexibility index (Phi) is 5.01. The summed E-state index contributed by atoms with van der Waals surface area (Å²) in [5.41, 5.74) is 4.66. The van der Waals surface area contributed by atoms with Crippen LogP contribution in [-0.4, -0.2) is 23.7 Å². The summed E-state index contributed by atoms with van der Waals surface area (Å²) in [7, 11) is -3.74. The van der Waals surface area contributed by atoms with Gasteiger partial charge in [-0.2, -0.15) is 0 Å². The highest BCUT2D eigenvalue weighted by Crippen LogP contribution is 2.24. The van der Waals surface area contributed by atoms with Crippen molar-refractivity contribution in [3.8, 4) is 11.3 Å². The molecule has 2 aromatic carbocycles. The molecule has 0 bridgehead atoms.